The molecule has 1 heterocycles. The van der Waals surface area contributed by atoms with E-state index in [0.717, 1.165) is 12.0 Å². The summed E-state index contributed by atoms with van der Waals surface area (Å²) in [5.74, 6) is 0.170. The molecule has 0 spiro atoms. The molecule has 1 saturated heterocycles. The smallest absolute Gasteiger partial charge is 0.243 e. The highest BCUT2D eigenvalue weighted by Gasteiger charge is 2.45. The molecule has 0 saturated carbocycles. The quantitative estimate of drug-likeness (QED) is 0.822. The topological polar surface area (TPSA) is 32.3 Å². The number of carbonyl (C=O) groups is 1. The first-order valence-corrected chi connectivity index (χ1v) is 5.68. The lowest BCUT2D eigenvalue weighted by molar-refractivity contribution is -0.131. The van der Waals surface area contributed by atoms with Crippen LogP contribution in [0.15, 0.2) is 30.3 Å². The molecule has 1 amide bonds. The van der Waals surface area contributed by atoms with E-state index in [2.05, 4.69) is 5.32 Å². The van der Waals surface area contributed by atoms with Crippen molar-refractivity contribution in [2.75, 3.05) is 7.05 Å². The minimum absolute atomic E-state index is 0.00125. The summed E-state index contributed by atoms with van der Waals surface area (Å²) in [5.41, 5.74) is 0.713. The van der Waals surface area contributed by atoms with Crippen LogP contribution < -0.4 is 5.32 Å². The summed E-state index contributed by atoms with van der Waals surface area (Å²) in [6, 6.07) is 10.1. The number of amides is 1. The molecule has 0 aliphatic carbocycles. The van der Waals surface area contributed by atoms with Crippen LogP contribution in [0.1, 0.15) is 32.0 Å². The number of nitrogens with one attached hydrogen (secondary N) is 1. The van der Waals surface area contributed by atoms with Crippen LogP contribution >= 0.6 is 0 Å². The van der Waals surface area contributed by atoms with Crippen LogP contribution in [0.5, 0.6) is 0 Å². The molecule has 86 valence electrons. The van der Waals surface area contributed by atoms with Crippen molar-refractivity contribution in [2.24, 2.45) is 0 Å². The van der Waals surface area contributed by atoms with Crippen molar-refractivity contribution in [3.8, 4) is 0 Å². The maximum absolute atomic E-state index is 12.1. The predicted molar refractivity (Wildman–Crippen MR) is 63.8 cm³/mol. The molecule has 0 bridgehead atoms. The molecule has 3 heteroatoms. The third kappa shape index (κ3) is 1.61. The first-order chi connectivity index (χ1) is 7.58. The maximum Gasteiger partial charge on any atom is 0.243 e. The van der Waals surface area contributed by atoms with Gasteiger partial charge in [-0.05, 0) is 18.9 Å². The Hall–Kier alpha value is -1.35. The second kappa shape index (κ2) is 3.91. The van der Waals surface area contributed by atoms with E-state index in [1.807, 2.05) is 51.2 Å². The van der Waals surface area contributed by atoms with Crippen molar-refractivity contribution < 1.29 is 4.79 Å². The van der Waals surface area contributed by atoms with Gasteiger partial charge in [0.05, 0.1) is 5.54 Å². The summed E-state index contributed by atoms with van der Waals surface area (Å²) in [7, 11) is 1.86. The van der Waals surface area contributed by atoms with Gasteiger partial charge in [0.1, 0.15) is 6.17 Å². The molecule has 1 N–H and O–H groups in total. The molecule has 2 atom stereocenters. The summed E-state index contributed by atoms with van der Waals surface area (Å²) in [4.78, 5) is 13.9. The first-order valence-electron chi connectivity index (χ1n) is 5.68. The molecular weight excluding hydrogens is 200 g/mol. The Kier molecular flexibility index (Phi) is 2.72. The molecule has 1 fully saturated rings. The Morgan fingerprint density at radius 3 is 2.50 bits per heavy atom. The highest BCUT2D eigenvalue weighted by molar-refractivity contribution is 5.88. The number of benzene rings is 1. The average Bonchev–Trinajstić information content (AvgIpc) is 2.56. The zero-order valence-electron chi connectivity index (χ0n) is 10.0. The van der Waals surface area contributed by atoms with Crippen LogP contribution in [0.3, 0.4) is 0 Å². The summed E-state index contributed by atoms with van der Waals surface area (Å²) in [5, 5.41) is 3.41. The maximum atomic E-state index is 12.1. The van der Waals surface area contributed by atoms with Gasteiger partial charge >= 0.3 is 0 Å². The fourth-order valence-corrected chi connectivity index (χ4v) is 2.16. The van der Waals surface area contributed by atoms with Gasteiger partial charge in [0.2, 0.25) is 5.91 Å². The molecule has 2 rings (SSSR count). The van der Waals surface area contributed by atoms with E-state index < -0.39 is 5.54 Å². The fraction of sp³-hybridized carbons (Fsp3) is 0.462. The minimum Gasteiger partial charge on any atom is -0.324 e. The van der Waals surface area contributed by atoms with Gasteiger partial charge in [-0.2, -0.15) is 0 Å². The minimum atomic E-state index is -0.421. The van der Waals surface area contributed by atoms with Crippen molar-refractivity contribution in [1.29, 1.82) is 0 Å². The van der Waals surface area contributed by atoms with Crippen LogP contribution in [-0.2, 0) is 4.79 Å². The van der Waals surface area contributed by atoms with Gasteiger partial charge in [-0.25, -0.2) is 0 Å². The molecule has 1 aromatic rings. The van der Waals surface area contributed by atoms with Gasteiger partial charge < -0.3 is 4.90 Å². The van der Waals surface area contributed by atoms with Crippen LogP contribution in [0.2, 0.25) is 0 Å². The first kappa shape index (κ1) is 11.1. The summed E-state index contributed by atoms with van der Waals surface area (Å²) in [6.07, 6.45) is 0.804. The van der Waals surface area contributed by atoms with E-state index in [4.69, 9.17) is 0 Å². The molecule has 2 unspecified atom stereocenters. The summed E-state index contributed by atoms with van der Waals surface area (Å²) < 4.78 is 0. The fourth-order valence-electron chi connectivity index (χ4n) is 2.16. The average molecular weight is 218 g/mol. The van der Waals surface area contributed by atoms with E-state index in [-0.39, 0.29) is 12.1 Å². The second-order valence-corrected chi connectivity index (χ2v) is 4.56. The Morgan fingerprint density at radius 1 is 1.38 bits per heavy atom. The largest absolute Gasteiger partial charge is 0.324 e. The van der Waals surface area contributed by atoms with E-state index in [1.54, 1.807) is 4.90 Å². The van der Waals surface area contributed by atoms with Gasteiger partial charge in [0.15, 0.2) is 0 Å². The van der Waals surface area contributed by atoms with E-state index in [9.17, 15) is 4.79 Å². The Labute approximate surface area is 96.5 Å². The number of nitrogens with zero attached hydrogens (tertiary/aromatic N) is 1. The molecule has 1 aliphatic heterocycles. The molecule has 0 aromatic heterocycles. The molecular formula is C13H18N2O. The Morgan fingerprint density at radius 2 is 2.00 bits per heavy atom. The normalized spacial score (nSPS) is 29.8. The zero-order valence-corrected chi connectivity index (χ0v) is 10.0. The second-order valence-electron chi connectivity index (χ2n) is 4.56. The third-order valence-electron chi connectivity index (χ3n) is 3.46. The molecule has 16 heavy (non-hydrogen) atoms. The van der Waals surface area contributed by atoms with Crippen LogP contribution in [0.4, 0.5) is 0 Å². The lowest BCUT2D eigenvalue weighted by Crippen LogP contribution is -2.42. The van der Waals surface area contributed by atoms with E-state index in [0.29, 0.717) is 0 Å². The number of rotatable bonds is 2. The molecule has 1 aromatic carbocycles. The van der Waals surface area contributed by atoms with Gasteiger partial charge in [-0.15, -0.1) is 0 Å². The number of likely N-dealkylation sites (N-methyl/N-ethyl adjacent to an activating group) is 1. The summed E-state index contributed by atoms with van der Waals surface area (Å²) >= 11 is 0. The standard InChI is InChI=1S/C13H18N2O/c1-4-13(2)12(16)15(3)11(14-13)10-8-6-5-7-9-10/h5-9,11,14H,4H2,1-3H3. The van der Waals surface area contributed by atoms with Crippen molar-refractivity contribution in [2.45, 2.75) is 32.0 Å². The van der Waals surface area contributed by atoms with Gasteiger partial charge in [-0.3, -0.25) is 10.1 Å². The number of hydrogen-bond acceptors (Lipinski definition) is 2. The van der Waals surface area contributed by atoms with Crippen LogP contribution in [-0.4, -0.2) is 23.4 Å². The SMILES string of the molecule is CCC1(C)NC(c2ccccc2)N(C)C1=O. The molecule has 1 aliphatic rings. The summed E-state index contributed by atoms with van der Waals surface area (Å²) in [6.45, 7) is 4.00. The third-order valence-corrected chi connectivity index (χ3v) is 3.46. The lowest BCUT2D eigenvalue weighted by atomic mass is 9.99. The highest BCUT2D eigenvalue weighted by Crippen LogP contribution is 2.30. The van der Waals surface area contributed by atoms with E-state index >= 15 is 0 Å². The van der Waals surface area contributed by atoms with Gasteiger partial charge in [0.25, 0.3) is 0 Å². The van der Waals surface area contributed by atoms with Crippen LogP contribution in [0.25, 0.3) is 0 Å². The van der Waals surface area contributed by atoms with Gasteiger partial charge in [0, 0.05) is 7.05 Å². The Bertz CT molecular complexity index is 390. The van der Waals surface area contributed by atoms with E-state index in [1.165, 1.54) is 0 Å². The number of hydrogen-bond donors (Lipinski definition) is 1. The molecule has 3 nitrogen and oxygen atoms in total. The van der Waals surface area contributed by atoms with Crippen molar-refractivity contribution >= 4 is 5.91 Å². The lowest BCUT2D eigenvalue weighted by Gasteiger charge is -2.20. The highest BCUT2D eigenvalue weighted by atomic mass is 16.2. The molecule has 0 radical (unpaired) electrons. The predicted octanol–water partition coefficient (Wildman–Crippen LogP) is 1.92. The zero-order chi connectivity index (χ0) is 11.8. The Balaban J connectivity index is 2.30. The number of carbonyl (C=O) groups excluding carboxylic acids is 1. The van der Waals surface area contributed by atoms with Crippen molar-refractivity contribution in [3.63, 3.8) is 0 Å². The van der Waals surface area contributed by atoms with Crippen molar-refractivity contribution in [1.82, 2.24) is 10.2 Å². The monoisotopic (exact) mass is 218 g/mol. The van der Waals surface area contributed by atoms with Crippen molar-refractivity contribution in [3.05, 3.63) is 35.9 Å². The van der Waals surface area contributed by atoms with Gasteiger partial charge in [-0.1, -0.05) is 37.3 Å². The van der Waals surface area contributed by atoms with Crippen LogP contribution in [0, 0.1) is 0 Å².